The molecule has 12 heteroatoms. The first-order chi connectivity index (χ1) is 16.7. The minimum Gasteiger partial charge on any atom is -0.383 e. The maximum atomic E-state index is 13.1. The molecule has 0 aliphatic rings. The Morgan fingerprint density at radius 2 is 1.77 bits per heavy atom. The summed E-state index contributed by atoms with van der Waals surface area (Å²) >= 11 is 13.8. The number of methoxy groups -OCH3 is 2. The van der Waals surface area contributed by atoms with Crippen molar-refractivity contribution < 1.29 is 22.7 Å². The SMILES string of the molecule is C=CCn1c(=NC(=O)c2ccc(S(=O)(=O)N(CCOC)CCOC)cc2)sc2cc(Cl)cc(Cl)c21. The van der Waals surface area contributed by atoms with Crippen LogP contribution in [0.2, 0.25) is 10.0 Å². The molecule has 0 bridgehead atoms. The number of hydrogen-bond donors (Lipinski definition) is 0. The monoisotopic (exact) mass is 557 g/mol. The van der Waals surface area contributed by atoms with Gasteiger partial charge in [-0.3, -0.25) is 4.79 Å². The Balaban J connectivity index is 1.94. The highest BCUT2D eigenvalue weighted by Gasteiger charge is 2.24. The molecular formula is C23H25Cl2N3O5S2. The van der Waals surface area contributed by atoms with Crippen molar-refractivity contribution in [2.75, 3.05) is 40.5 Å². The molecule has 3 aromatic rings. The summed E-state index contributed by atoms with van der Waals surface area (Å²) in [5.74, 6) is -0.517. The van der Waals surface area contributed by atoms with Crippen molar-refractivity contribution in [3.05, 3.63) is 69.5 Å². The van der Waals surface area contributed by atoms with Crippen molar-refractivity contribution >= 4 is 60.7 Å². The lowest BCUT2D eigenvalue weighted by Crippen LogP contribution is -2.36. The lowest BCUT2D eigenvalue weighted by molar-refractivity contribution is 0.0997. The molecule has 0 aliphatic carbocycles. The highest BCUT2D eigenvalue weighted by molar-refractivity contribution is 7.89. The van der Waals surface area contributed by atoms with E-state index in [1.54, 1.807) is 22.8 Å². The van der Waals surface area contributed by atoms with Crippen LogP contribution < -0.4 is 4.80 Å². The van der Waals surface area contributed by atoms with Gasteiger partial charge in [-0.05, 0) is 36.4 Å². The second kappa shape index (κ2) is 12.3. The number of sulfonamides is 1. The van der Waals surface area contributed by atoms with Crippen LogP contribution in [-0.4, -0.2) is 63.7 Å². The predicted molar refractivity (Wildman–Crippen MR) is 139 cm³/mol. The van der Waals surface area contributed by atoms with Crippen molar-refractivity contribution in [3.8, 4) is 0 Å². The molecule has 188 valence electrons. The Hall–Kier alpha value is -2.05. The molecule has 0 fully saturated rings. The van der Waals surface area contributed by atoms with Crippen molar-refractivity contribution in [2.45, 2.75) is 11.4 Å². The molecule has 0 saturated heterocycles. The van der Waals surface area contributed by atoms with Gasteiger partial charge in [-0.15, -0.1) is 6.58 Å². The van der Waals surface area contributed by atoms with E-state index in [2.05, 4.69) is 11.6 Å². The summed E-state index contributed by atoms with van der Waals surface area (Å²) in [4.78, 5) is 17.7. The molecule has 35 heavy (non-hydrogen) atoms. The standard InChI is InChI=1S/C23H25Cl2N3O5S2/c1-4-9-28-21-19(25)14-17(24)15-20(21)34-23(28)26-22(29)16-5-7-18(8-6-16)35(30,31)27(10-12-32-2)11-13-33-3/h4-8,14-15H,1,9-13H2,2-3H3. The van der Waals surface area contributed by atoms with Gasteiger partial charge in [-0.1, -0.05) is 40.6 Å². The highest BCUT2D eigenvalue weighted by atomic mass is 35.5. The van der Waals surface area contributed by atoms with E-state index in [4.69, 9.17) is 32.7 Å². The Morgan fingerprint density at radius 3 is 2.34 bits per heavy atom. The van der Waals surface area contributed by atoms with Gasteiger partial charge in [0.1, 0.15) is 0 Å². The van der Waals surface area contributed by atoms with Crippen molar-refractivity contribution in [2.24, 2.45) is 4.99 Å². The molecule has 0 unspecified atom stereocenters. The van der Waals surface area contributed by atoms with Crippen molar-refractivity contribution in [1.29, 1.82) is 0 Å². The first kappa shape index (κ1) is 27.5. The lowest BCUT2D eigenvalue weighted by atomic mass is 10.2. The Morgan fingerprint density at radius 1 is 1.14 bits per heavy atom. The van der Waals surface area contributed by atoms with E-state index in [1.165, 1.54) is 54.1 Å². The van der Waals surface area contributed by atoms with Crippen LogP contribution in [0.4, 0.5) is 0 Å². The molecule has 0 radical (unpaired) electrons. The third-order valence-corrected chi connectivity index (χ3v) is 8.48. The molecule has 8 nitrogen and oxygen atoms in total. The number of hydrogen-bond acceptors (Lipinski definition) is 6. The van der Waals surface area contributed by atoms with Gasteiger partial charge >= 0.3 is 0 Å². The summed E-state index contributed by atoms with van der Waals surface area (Å²) in [6.07, 6.45) is 1.68. The summed E-state index contributed by atoms with van der Waals surface area (Å²) in [6, 6.07) is 9.06. The molecule has 1 amide bonds. The summed E-state index contributed by atoms with van der Waals surface area (Å²) in [5, 5.41) is 0.926. The summed E-state index contributed by atoms with van der Waals surface area (Å²) in [6.45, 7) is 5.00. The molecule has 0 atom stereocenters. The minimum absolute atomic E-state index is 0.0614. The fraction of sp³-hybridized carbons (Fsp3) is 0.304. The molecule has 2 aromatic carbocycles. The van der Waals surface area contributed by atoms with Crippen LogP contribution in [0, 0.1) is 0 Å². The van der Waals surface area contributed by atoms with Gasteiger partial charge in [0.25, 0.3) is 5.91 Å². The number of thiazole rings is 1. The van der Waals surface area contributed by atoms with Gasteiger partial charge in [0.2, 0.25) is 10.0 Å². The second-order valence-corrected chi connectivity index (χ2v) is 11.1. The quantitative estimate of drug-likeness (QED) is 0.329. The summed E-state index contributed by atoms with van der Waals surface area (Å²) in [7, 11) is -0.790. The topological polar surface area (TPSA) is 90.2 Å². The third kappa shape index (κ3) is 6.39. The Labute approximate surface area is 218 Å². The summed E-state index contributed by atoms with van der Waals surface area (Å²) in [5.41, 5.74) is 0.956. The Kier molecular flexibility index (Phi) is 9.65. The molecule has 1 heterocycles. The van der Waals surface area contributed by atoms with Gasteiger partial charge in [-0.25, -0.2) is 8.42 Å². The van der Waals surface area contributed by atoms with Crippen LogP contribution in [0.1, 0.15) is 10.4 Å². The number of benzene rings is 2. The van der Waals surface area contributed by atoms with E-state index >= 15 is 0 Å². The van der Waals surface area contributed by atoms with E-state index in [9.17, 15) is 13.2 Å². The highest BCUT2D eigenvalue weighted by Crippen LogP contribution is 2.29. The number of amides is 1. The first-order valence-electron chi connectivity index (χ1n) is 10.5. The van der Waals surface area contributed by atoms with Gasteiger partial charge in [0.05, 0.1) is 33.3 Å². The van der Waals surface area contributed by atoms with Gasteiger partial charge in [0, 0.05) is 44.4 Å². The predicted octanol–water partition coefficient (Wildman–Crippen LogP) is 4.22. The zero-order valence-corrected chi connectivity index (χ0v) is 22.4. The smallest absolute Gasteiger partial charge is 0.279 e. The maximum absolute atomic E-state index is 13.1. The fourth-order valence-corrected chi connectivity index (χ4v) is 6.55. The van der Waals surface area contributed by atoms with Crippen LogP contribution in [0.5, 0.6) is 0 Å². The molecular weight excluding hydrogens is 533 g/mol. The fourth-order valence-electron chi connectivity index (χ4n) is 3.32. The number of rotatable bonds is 11. The number of aromatic nitrogens is 1. The maximum Gasteiger partial charge on any atom is 0.279 e. The number of carbonyl (C=O) groups is 1. The van der Waals surface area contributed by atoms with Crippen LogP contribution in [0.3, 0.4) is 0 Å². The Bertz CT molecular complexity index is 1370. The van der Waals surface area contributed by atoms with Crippen molar-refractivity contribution in [1.82, 2.24) is 8.87 Å². The average Bonchev–Trinajstić information content (AvgIpc) is 3.16. The molecule has 3 rings (SSSR count). The van der Waals surface area contributed by atoms with Crippen LogP contribution in [0.25, 0.3) is 10.2 Å². The number of nitrogens with zero attached hydrogens (tertiary/aromatic N) is 3. The number of halogens is 2. The lowest BCUT2D eigenvalue weighted by Gasteiger charge is -2.21. The molecule has 0 saturated carbocycles. The largest absolute Gasteiger partial charge is 0.383 e. The minimum atomic E-state index is -3.80. The zero-order valence-electron chi connectivity index (χ0n) is 19.2. The van der Waals surface area contributed by atoms with E-state index in [0.29, 0.717) is 26.9 Å². The van der Waals surface area contributed by atoms with Gasteiger partial charge in [-0.2, -0.15) is 9.30 Å². The van der Waals surface area contributed by atoms with E-state index in [0.717, 1.165) is 4.70 Å². The molecule has 1 aromatic heterocycles. The average molecular weight is 559 g/mol. The second-order valence-electron chi connectivity index (χ2n) is 7.35. The molecule has 0 N–H and O–H groups in total. The molecule has 0 spiro atoms. The van der Waals surface area contributed by atoms with Gasteiger partial charge < -0.3 is 14.0 Å². The van der Waals surface area contributed by atoms with Gasteiger partial charge in [0.15, 0.2) is 4.80 Å². The number of ether oxygens (including phenoxy) is 2. The van der Waals surface area contributed by atoms with Crippen LogP contribution in [0.15, 0.2) is 58.9 Å². The van der Waals surface area contributed by atoms with E-state index < -0.39 is 15.9 Å². The normalized spacial score (nSPS) is 12.5. The van der Waals surface area contributed by atoms with E-state index in [-0.39, 0.29) is 36.8 Å². The summed E-state index contributed by atoms with van der Waals surface area (Å²) < 4.78 is 40.0. The van der Waals surface area contributed by atoms with Crippen LogP contribution in [-0.2, 0) is 26.0 Å². The number of carbonyl (C=O) groups excluding carboxylic acids is 1. The van der Waals surface area contributed by atoms with Crippen LogP contribution >= 0.6 is 34.5 Å². The van der Waals surface area contributed by atoms with E-state index in [1.807, 2.05) is 0 Å². The third-order valence-electron chi connectivity index (χ3n) is 5.03. The first-order valence-corrected chi connectivity index (χ1v) is 13.5. The molecule has 0 aliphatic heterocycles. The zero-order chi connectivity index (χ0) is 25.6. The van der Waals surface area contributed by atoms with Crippen molar-refractivity contribution in [3.63, 3.8) is 0 Å². The number of fused-ring (bicyclic) bond motifs is 1. The number of allylic oxidation sites excluding steroid dienone is 1.